The molecule has 1 aromatic rings. The molecule has 0 heterocycles. The first-order chi connectivity index (χ1) is 19.9. The number of amides is 1. The second-order valence-corrected chi connectivity index (χ2v) is 16.9. The number of anilines is 1. The van der Waals surface area contributed by atoms with E-state index in [2.05, 4.69) is 46.9 Å². The van der Waals surface area contributed by atoms with Crippen molar-refractivity contribution in [2.75, 3.05) is 5.32 Å². The number of allylic oxidation sites excluding steroid dienone is 2. The molecule has 0 spiro atoms. The molecular weight excluding hydrogens is 538 g/mol. The van der Waals surface area contributed by atoms with Crippen LogP contribution in [0.4, 0.5) is 5.69 Å². The number of aromatic carboxylic acids is 1. The average Bonchev–Trinajstić information content (AvgIpc) is 2.93. The maximum Gasteiger partial charge on any atom is 0.337 e. The fourth-order valence-electron chi connectivity index (χ4n) is 11.4. The highest BCUT2D eigenvalue weighted by Gasteiger charge is 2.70. The number of aliphatic hydroxyl groups excluding tert-OH is 1. The lowest BCUT2D eigenvalue weighted by atomic mass is 9.33. The zero-order chi connectivity index (χ0) is 31.4. The predicted molar refractivity (Wildman–Crippen MR) is 167 cm³/mol. The third-order valence-electron chi connectivity index (χ3n) is 14.5. The monoisotopic (exact) mass is 589 g/mol. The number of benzene rings is 1. The van der Waals surface area contributed by atoms with E-state index in [0.29, 0.717) is 18.0 Å². The lowest BCUT2D eigenvalue weighted by molar-refractivity contribution is -0.202. The lowest BCUT2D eigenvalue weighted by Gasteiger charge is -2.70. The number of para-hydroxylation sites is 1. The molecule has 1 aromatic carbocycles. The van der Waals surface area contributed by atoms with Crippen LogP contribution in [0.15, 0.2) is 35.9 Å². The number of carbonyl (C=O) groups is 3. The SMILES string of the molecule is CC12CC[C@](C)(C(=O)Nc3ccccc3C(=O)O)CC1C1=CC(=O)C3C4(C)CCC(O)C(C)(C)C4CCC3(C)[C@]1(C)CC2. The van der Waals surface area contributed by atoms with Gasteiger partial charge in [0.25, 0.3) is 0 Å². The second kappa shape index (κ2) is 9.52. The number of hydrogen-bond acceptors (Lipinski definition) is 4. The van der Waals surface area contributed by atoms with Gasteiger partial charge in [-0.15, -0.1) is 0 Å². The van der Waals surface area contributed by atoms with Crippen LogP contribution in [0.2, 0.25) is 0 Å². The molecule has 0 aromatic heterocycles. The van der Waals surface area contributed by atoms with Gasteiger partial charge in [-0.25, -0.2) is 4.79 Å². The maximum atomic E-state index is 14.5. The van der Waals surface area contributed by atoms with Crippen molar-refractivity contribution >= 4 is 23.3 Å². The summed E-state index contributed by atoms with van der Waals surface area (Å²) < 4.78 is 0. The van der Waals surface area contributed by atoms with E-state index in [-0.39, 0.29) is 62.3 Å². The largest absolute Gasteiger partial charge is 0.478 e. The van der Waals surface area contributed by atoms with Crippen LogP contribution in [0, 0.1) is 50.2 Å². The maximum absolute atomic E-state index is 14.5. The van der Waals surface area contributed by atoms with Gasteiger partial charge in [0.05, 0.1) is 17.4 Å². The molecule has 0 bridgehead atoms. The Morgan fingerprint density at radius 2 is 1.56 bits per heavy atom. The van der Waals surface area contributed by atoms with E-state index in [1.54, 1.807) is 18.2 Å². The van der Waals surface area contributed by atoms with Crippen molar-refractivity contribution in [1.82, 2.24) is 0 Å². The Balaban J connectivity index is 1.36. The Hall–Kier alpha value is -2.47. The van der Waals surface area contributed by atoms with E-state index in [4.69, 9.17) is 0 Å². The van der Waals surface area contributed by atoms with Crippen molar-refractivity contribution in [1.29, 1.82) is 0 Å². The van der Waals surface area contributed by atoms with Crippen LogP contribution in [0.3, 0.4) is 0 Å². The van der Waals surface area contributed by atoms with Crippen LogP contribution in [0.5, 0.6) is 0 Å². The van der Waals surface area contributed by atoms with E-state index >= 15 is 0 Å². The third-order valence-corrected chi connectivity index (χ3v) is 14.5. The Kier molecular flexibility index (Phi) is 6.76. The summed E-state index contributed by atoms with van der Waals surface area (Å²) in [6.07, 6.45) is 9.72. The molecule has 0 aliphatic heterocycles. The summed E-state index contributed by atoms with van der Waals surface area (Å²) in [4.78, 5) is 40.3. The zero-order valence-corrected chi connectivity index (χ0v) is 27.2. The van der Waals surface area contributed by atoms with Crippen LogP contribution in [-0.4, -0.2) is 34.0 Å². The standard InChI is InChI=1S/C37H51NO5/c1-32(2)27-12-15-37(7)29(35(27,5)14-13-28(32)40)26(39)20-23-24-21-34(4,17-16-33(24,3)18-19-36(23,37)6)31(43)38-25-11-9-8-10-22(25)30(41)42/h8-11,20,24,27-29,40H,12-19,21H2,1-7H3,(H,38,43)(H,41,42)/t24?,27?,28?,29?,33?,34-,35?,36+,37?/m0/s1. The van der Waals surface area contributed by atoms with Gasteiger partial charge in [0.15, 0.2) is 5.78 Å². The number of hydrogen-bond donors (Lipinski definition) is 3. The van der Waals surface area contributed by atoms with Crippen molar-refractivity contribution in [2.24, 2.45) is 50.2 Å². The minimum absolute atomic E-state index is 0.0195. The Morgan fingerprint density at radius 1 is 0.884 bits per heavy atom. The summed E-state index contributed by atoms with van der Waals surface area (Å²) in [6.45, 7) is 15.9. The zero-order valence-electron chi connectivity index (χ0n) is 27.2. The van der Waals surface area contributed by atoms with Crippen molar-refractivity contribution in [3.63, 3.8) is 0 Å². The summed E-state index contributed by atoms with van der Waals surface area (Å²) in [7, 11) is 0. The van der Waals surface area contributed by atoms with Gasteiger partial charge in [0.1, 0.15) is 0 Å². The molecule has 0 saturated heterocycles. The van der Waals surface area contributed by atoms with Crippen LogP contribution >= 0.6 is 0 Å². The van der Waals surface area contributed by atoms with E-state index < -0.39 is 11.4 Å². The fraction of sp³-hybridized carbons (Fsp3) is 0.703. The molecule has 43 heavy (non-hydrogen) atoms. The molecule has 1 amide bonds. The molecule has 234 valence electrons. The first-order valence-corrected chi connectivity index (χ1v) is 16.5. The van der Waals surface area contributed by atoms with Crippen LogP contribution in [0.25, 0.3) is 0 Å². The minimum atomic E-state index is -1.06. The number of carboxylic acids is 1. The summed E-state index contributed by atoms with van der Waals surface area (Å²) in [5.41, 5.74) is 0.313. The molecule has 4 fully saturated rings. The topological polar surface area (TPSA) is 104 Å². The lowest BCUT2D eigenvalue weighted by Crippen LogP contribution is -2.66. The van der Waals surface area contributed by atoms with Gasteiger partial charge in [-0.05, 0) is 115 Å². The molecule has 6 nitrogen and oxygen atoms in total. The highest BCUT2D eigenvalue weighted by Crippen LogP contribution is 2.75. The van der Waals surface area contributed by atoms with E-state index in [0.717, 1.165) is 51.4 Å². The molecule has 5 aliphatic carbocycles. The first kappa shape index (κ1) is 30.6. The van der Waals surface area contributed by atoms with Crippen molar-refractivity contribution in [2.45, 2.75) is 112 Å². The van der Waals surface area contributed by atoms with E-state index in [9.17, 15) is 24.6 Å². The smallest absolute Gasteiger partial charge is 0.337 e. The van der Waals surface area contributed by atoms with Crippen LogP contribution < -0.4 is 5.32 Å². The number of ketones is 1. The minimum Gasteiger partial charge on any atom is -0.478 e. The molecule has 5 aliphatic rings. The van der Waals surface area contributed by atoms with Crippen LogP contribution in [0.1, 0.15) is 117 Å². The Morgan fingerprint density at radius 3 is 2.26 bits per heavy atom. The third kappa shape index (κ3) is 4.10. The number of fused-ring (bicyclic) bond motifs is 7. The normalized spacial score (nSPS) is 45.0. The first-order valence-electron chi connectivity index (χ1n) is 16.5. The molecule has 6 heteroatoms. The molecule has 4 saturated carbocycles. The Bertz CT molecular complexity index is 1410. The van der Waals surface area contributed by atoms with E-state index in [1.165, 1.54) is 11.6 Å². The highest BCUT2D eigenvalue weighted by molar-refractivity contribution is 6.02. The number of aliphatic hydroxyl groups is 1. The highest BCUT2D eigenvalue weighted by atomic mass is 16.4. The summed E-state index contributed by atoms with van der Waals surface area (Å²) in [5.74, 6) is -0.609. The van der Waals surface area contributed by atoms with Gasteiger partial charge in [-0.2, -0.15) is 0 Å². The second-order valence-electron chi connectivity index (χ2n) is 16.9. The molecule has 7 unspecified atom stereocenters. The summed E-state index contributed by atoms with van der Waals surface area (Å²) in [6, 6.07) is 6.58. The van der Waals surface area contributed by atoms with Gasteiger partial charge >= 0.3 is 5.97 Å². The van der Waals surface area contributed by atoms with Crippen molar-refractivity contribution in [3.05, 3.63) is 41.5 Å². The van der Waals surface area contributed by atoms with Crippen LogP contribution in [-0.2, 0) is 9.59 Å². The molecule has 6 rings (SSSR count). The van der Waals surface area contributed by atoms with Gasteiger partial charge in [-0.1, -0.05) is 66.2 Å². The number of rotatable bonds is 3. The van der Waals surface area contributed by atoms with Gasteiger partial charge in [-0.3, -0.25) is 9.59 Å². The summed E-state index contributed by atoms with van der Waals surface area (Å²) >= 11 is 0. The quantitative estimate of drug-likeness (QED) is 0.336. The van der Waals surface area contributed by atoms with Crippen molar-refractivity contribution in [3.8, 4) is 0 Å². The molecule has 3 N–H and O–H groups in total. The molecule has 0 radical (unpaired) electrons. The number of carbonyl (C=O) groups excluding carboxylic acids is 2. The van der Waals surface area contributed by atoms with Gasteiger partial charge < -0.3 is 15.5 Å². The predicted octanol–water partition coefficient (Wildman–Crippen LogP) is 7.66. The van der Waals surface area contributed by atoms with Gasteiger partial charge in [0, 0.05) is 11.3 Å². The molecular formula is C37H51NO5. The number of carboxylic acid groups (broad SMARTS) is 1. The van der Waals surface area contributed by atoms with Gasteiger partial charge in [0.2, 0.25) is 5.91 Å². The van der Waals surface area contributed by atoms with E-state index in [1.807, 2.05) is 13.0 Å². The number of nitrogens with one attached hydrogen (secondary N) is 1. The summed E-state index contributed by atoms with van der Waals surface area (Å²) in [5, 5.41) is 23.6. The molecule has 9 atom stereocenters. The Labute approximate surface area is 257 Å². The fourth-order valence-corrected chi connectivity index (χ4v) is 11.4. The average molecular weight is 590 g/mol. The van der Waals surface area contributed by atoms with Crippen molar-refractivity contribution < 1.29 is 24.6 Å².